The molecule has 0 radical (unpaired) electrons. The van der Waals surface area contributed by atoms with Crippen LogP contribution in [-0.4, -0.2) is 12.2 Å². The first kappa shape index (κ1) is 13.9. The number of urea groups is 1. The molecule has 0 aromatic heterocycles. The maximum absolute atomic E-state index is 10.5. The van der Waals surface area contributed by atoms with E-state index in [1.54, 1.807) is 30.3 Å². The fraction of sp³-hybridized carbons (Fsp3) is 0. The topological polar surface area (TPSA) is 76.7 Å². The van der Waals surface area contributed by atoms with Crippen LogP contribution in [0.2, 0.25) is 5.02 Å². The Morgan fingerprint density at radius 1 is 1.20 bits per heavy atom. The molecule has 0 aliphatic rings. The van der Waals surface area contributed by atoms with Crippen molar-refractivity contribution in [3.63, 3.8) is 0 Å². The highest BCUT2D eigenvalue weighted by atomic mass is 35.5. The first-order valence-electron chi connectivity index (χ1n) is 5.75. The second-order valence-corrected chi connectivity index (χ2v) is 4.30. The molecule has 5 nitrogen and oxygen atoms in total. The number of nitrogens with zero attached hydrogens (tertiary/aromatic N) is 1. The van der Waals surface area contributed by atoms with Crippen molar-refractivity contribution in [2.45, 2.75) is 0 Å². The van der Waals surface area contributed by atoms with Crippen molar-refractivity contribution in [3.05, 3.63) is 59.1 Å². The number of carbonyl (C=O) groups excluding carboxylic acids is 1. The number of ether oxygens (including phenoxy) is 1. The van der Waals surface area contributed by atoms with Crippen LogP contribution in [0.1, 0.15) is 5.56 Å². The zero-order valence-electron chi connectivity index (χ0n) is 10.4. The molecule has 2 amide bonds. The van der Waals surface area contributed by atoms with Crippen LogP contribution in [0.4, 0.5) is 4.79 Å². The van der Waals surface area contributed by atoms with Gasteiger partial charge < -0.3 is 10.5 Å². The molecule has 0 saturated heterocycles. The van der Waals surface area contributed by atoms with E-state index in [-0.39, 0.29) is 0 Å². The van der Waals surface area contributed by atoms with Gasteiger partial charge in [-0.1, -0.05) is 23.7 Å². The fourth-order valence-corrected chi connectivity index (χ4v) is 1.59. The van der Waals surface area contributed by atoms with E-state index < -0.39 is 6.03 Å². The van der Waals surface area contributed by atoms with Crippen molar-refractivity contribution in [1.82, 2.24) is 5.43 Å². The van der Waals surface area contributed by atoms with E-state index in [2.05, 4.69) is 10.5 Å². The normalized spacial score (nSPS) is 10.4. The summed E-state index contributed by atoms with van der Waals surface area (Å²) in [5.74, 6) is 1.33. The first-order valence-corrected chi connectivity index (χ1v) is 6.13. The average Bonchev–Trinajstić information content (AvgIpc) is 2.41. The summed E-state index contributed by atoms with van der Waals surface area (Å²) in [5, 5.41) is 4.33. The summed E-state index contributed by atoms with van der Waals surface area (Å²) in [6.07, 6.45) is 1.47. The maximum atomic E-state index is 10.5. The minimum Gasteiger partial charge on any atom is -0.457 e. The Bertz CT molecular complexity index is 627. The number of primary amides is 1. The van der Waals surface area contributed by atoms with Gasteiger partial charge in [-0.3, -0.25) is 0 Å². The van der Waals surface area contributed by atoms with Crippen LogP contribution in [0.5, 0.6) is 11.5 Å². The largest absolute Gasteiger partial charge is 0.457 e. The molecule has 0 heterocycles. The van der Waals surface area contributed by atoms with E-state index in [4.69, 9.17) is 22.1 Å². The third-order valence-corrected chi connectivity index (χ3v) is 2.55. The zero-order valence-corrected chi connectivity index (χ0v) is 11.2. The maximum Gasteiger partial charge on any atom is 0.332 e. The summed E-state index contributed by atoms with van der Waals surface area (Å²) in [6.45, 7) is 0. The second kappa shape index (κ2) is 6.58. The molecule has 6 heteroatoms. The van der Waals surface area contributed by atoms with E-state index in [9.17, 15) is 4.79 Å². The number of hydrazone groups is 1. The molecule has 0 saturated carbocycles. The number of amides is 2. The van der Waals surface area contributed by atoms with E-state index in [1.807, 2.05) is 18.2 Å². The fourth-order valence-electron chi connectivity index (χ4n) is 1.47. The molecule has 0 fully saturated rings. The van der Waals surface area contributed by atoms with Crippen LogP contribution in [0.15, 0.2) is 53.6 Å². The lowest BCUT2D eigenvalue weighted by Gasteiger charge is -2.06. The average molecular weight is 290 g/mol. The van der Waals surface area contributed by atoms with E-state index in [0.717, 1.165) is 5.56 Å². The van der Waals surface area contributed by atoms with E-state index >= 15 is 0 Å². The van der Waals surface area contributed by atoms with Crippen LogP contribution in [0, 0.1) is 0 Å². The molecule has 2 aromatic carbocycles. The number of halogens is 1. The van der Waals surface area contributed by atoms with Crippen molar-refractivity contribution in [2.75, 3.05) is 0 Å². The molecule has 0 atom stereocenters. The summed E-state index contributed by atoms with van der Waals surface area (Å²) < 4.78 is 5.67. The van der Waals surface area contributed by atoms with Crippen LogP contribution in [0.3, 0.4) is 0 Å². The van der Waals surface area contributed by atoms with Gasteiger partial charge in [-0.2, -0.15) is 5.10 Å². The highest BCUT2D eigenvalue weighted by Crippen LogP contribution is 2.23. The Hall–Kier alpha value is -2.53. The lowest BCUT2D eigenvalue weighted by Crippen LogP contribution is -2.24. The summed E-state index contributed by atoms with van der Waals surface area (Å²) in [6, 6.07) is 13.6. The summed E-state index contributed by atoms with van der Waals surface area (Å²) >= 11 is 5.80. The summed E-state index contributed by atoms with van der Waals surface area (Å²) in [5.41, 5.74) is 7.79. The minimum absolute atomic E-state index is 0.648. The Morgan fingerprint density at radius 3 is 2.65 bits per heavy atom. The molecule has 0 bridgehead atoms. The molecule has 20 heavy (non-hydrogen) atoms. The highest BCUT2D eigenvalue weighted by Gasteiger charge is 1.98. The van der Waals surface area contributed by atoms with Gasteiger partial charge in [0.1, 0.15) is 11.5 Å². The van der Waals surface area contributed by atoms with Gasteiger partial charge in [0.2, 0.25) is 0 Å². The number of nitrogens with one attached hydrogen (secondary N) is 1. The van der Waals surface area contributed by atoms with Crippen molar-refractivity contribution >= 4 is 23.8 Å². The molecule has 0 unspecified atom stereocenters. The Balaban J connectivity index is 2.07. The number of hydrogen-bond acceptors (Lipinski definition) is 3. The predicted octanol–water partition coefficient (Wildman–Crippen LogP) is 3.13. The first-order chi connectivity index (χ1) is 9.63. The number of rotatable bonds is 4. The van der Waals surface area contributed by atoms with Gasteiger partial charge in [0.15, 0.2) is 0 Å². The van der Waals surface area contributed by atoms with Gasteiger partial charge >= 0.3 is 6.03 Å². The highest BCUT2D eigenvalue weighted by molar-refractivity contribution is 6.30. The number of carbonyl (C=O) groups is 1. The molecule has 102 valence electrons. The number of nitrogens with two attached hydrogens (primary N) is 1. The molecule has 0 spiro atoms. The van der Waals surface area contributed by atoms with E-state index in [1.165, 1.54) is 6.21 Å². The van der Waals surface area contributed by atoms with Gasteiger partial charge in [-0.25, -0.2) is 10.2 Å². The van der Waals surface area contributed by atoms with Gasteiger partial charge in [-0.15, -0.1) is 0 Å². The predicted molar refractivity (Wildman–Crippen MR) is 78.3 cm³/mol. The van der Waals surface area contributed by atoms with Crippen LogP contribution in [-0.2, 0) is 0 Å². The standard InChI is InChI=1S/C14H12ClN3O2/c15-11-4-6-12(7-5-11)20-13-3-1-2-10(8-13)9-17-18-14(16)19/h1-9H,(H3,16,18,19)/b17-9-. The Labute approximate surface area is 121 Å². The Kier molecular flexibility index (Phi) is 4.57. The lowest BCUT2D eigenvalue weighted by molar-refractivity contribution is 0.249. The summed E-state index contributed by atoms with van der Waals surface area (Å²) in [4.78, 5) is 10.5. The van der Waals surface area contributed by atoms with Gasteiger partial charge in [0.05, 0.1) is 6.21 Å². The van der Waals surface area contributed by atoms with Crippen molar-refractivity contribution in [2.24, 2.45) is 10.8 Å². The van der Waals surface area contributed by atoms with Crippen molar-refractivity contribution in [3.8, 4) is 11.5 Å². The molecule has 2 rings (SSSR count). The van der Waals surface area contributed by atoms with Gasteiger partial charge in [-0.05, 0) is 42.0 Å². The van der Waals surface area contributed by atoms with Gasteiger partial charge in [0.25, 0.3) is 0 Å². The van der Waals surface area contributed by atoms with Crippen LogP contribution >= 0.6 is 11.6 Å². The molecular weight excluding hydrogens is 278 g/mol. The SMILES string of the molecule is NC(=O)N/N=C\c1cccc(Oc2ccc(Cl)cc2)c1. The molecular formula is C14H12ClN3O2. The van der Waals surface area contributed by atoms with Crippen LogP contribution in [0.25, 0.3) is 0 Å². The number of benzene rings is 2. The minimum atomic E-state index is -0.713. The van der Waals surface area contributed by atoms with Crippen molar-refractivity contribution < 1.29 is 9.53 Å². The third kappa shape index (κ3) is 4.29. The third-order valence-electron chi connectivity index (χ3n) is 2.30. The smallest absolute Gasteiger partial charge is 0.332 e. The monoisotopic (exact) mass is 289 g/mol. The summed E-state index contributed by atoms with van der Waals surface area (Å²) in [7, 11) is 0. The quantitative estimate of drug-likeness (QED) is 0.670. The van der Waals surface area contributed by atoms with Crippen LogP contribution < -0.4 is 15.9 Å². The van der Waals surface area contributed by atoms with Gasteiger partial charge in [0, 0.05) is 5.02 Å². The zero-order chi connectivity index (χ0) is 14.4. The molecule has 0 aliphatic carbocycles. The van der Waals surface area contributed by atoms with Crippen molar-refractivity contribution in [1.29, 1.82) is 0 Å². The lowest BCUT2D eigenvalue weighted by atomic mass is 10.2. The second-order valence-electron chi connectivity index (χ2n) is 3.86. The molecule has 2 aromatic rings. The molecule has 3 N–H and O–H groups in total. The Morgan fingerprint density at radius 2 is 1.95 bits per heavy atom. The molecule has 0 aliphatic heterocycles. The van der Waals surface area contributed by atoms with E-state index in [0.29, 0.717) is 16.5 Å². The number of hydrogen-bond donors (Lipinski definition) is 2.